The molecule has 2 saturated carbocycles. The highest BCUT2D eigenvalue weighted by Gasteiger charge is 2.49. The summed E-state index contributed by atoms with van der Waals surface area (Å²) < 4.78 is 12.6. The Morgan fingerprint density at radius 3 is 1.65 bits per heavy atom. The van der Waals surface area contributed by atoms with Crippen LogP contribution in [0.5, 0.6) is 11.5 Å². The molecule has 2 fully saturated rings. The molecule has 0 aromatic heterocycles. The van der Waals surface area contributed by atoms with Crippen LogP contribution in [0, 0.1) is 0 Å². The summed E-state index contributed by atoms with van der Waals surface area (Å²) in [5.74, 6) is 5.50. The molecule has 2 nitrogen and oxygen atoms in total. The minimum atomic E-state index is 0.315. The highest BCUT2D eigenvalue weighted by molar-refractivity contribution is 5.68. The number of rotatable bonds is 4. The lowest BCUT2D eigenvalue weighted by molar-refractivity contribution is 0.210. The van der Waals surface area contributed by atoms with Gasteiger partial charge in [0.1, 0.15) is 11.5 Å². The second-order valence-electron chi connectivity index (χ2n) is 8.27. The third-order valence-corrected chi connectivity index (χ3v) is 7.16. The number of ether oxygens (including phenoxy) is 2. The van der Waals surface area contributed by atoms with Gasteiger partial charge in [-0.3, -0.25) is 0 Å². The maximum atomic E-state index is 6.60. The maximum absolute atomic E-state index is 6.60. The van der Waals surface area contributed by atoms with Crippen molar-refractivity contribution in [1.29, 1.82) is 0 Å². The van der Waals surface area contributed by atoms with E-state index in [9.17, 15) is 0 Å². The summed E-state index contributed by atoms with van der Waals surface area (Å²) in [7, 11) is 1.89. The Morgan fingerprint density at radius 2 is 1.26 bits per heavy atom. The minimum absolute atomic E-state index is 0.315. The molecule has 5 rings (SSSR count). The zero-order valence-corrected chi connectivity index (χ0v) is 14.7. The van der Waals surface area contributed by atoms with Gasteiger partial charge in [0.05, 0.1) is 13.2 Å². The molecule has 0 heterocycles. The van der Waals surface area contributed by atoms with Gasteiger partial charge in [-0.05, 0) is 75.5 Å². The lowest BCUT2D eigenvalue weighted by atomic mass is 9.81. The zero-order chi connectivity index (χ0) is 15.7. The highest BCUT2D eigenvalue weighted by atomic mass is 16.5. The molecule has 1 aromatic rings. The lowest BCUT2D eigenvalue weighted by Crippen LogP contribution is -2.17. The van der Waals surface area contributed by atoms with Crippen molar-refractivity contribution in [2.45, 2.75) is 88.6 Å². The van der Waals surface area contributed by atoms with Crippen molar-refractivity contribution in [2.75, 3.05) is 7.11 Å². The van der Waals surface area contributed by atoms with E-state index in [0.717, 1.165) is 30.1 Å². The van der Waals surface area contributed by atoms with Crippen LogP contribution in [0.2, 0.25) is 0 Å². The zero-order valence-electron chi connectivity index (χ0n) is 14.7. The molecule has 0 amide bonds. The molecule has 23 heavy (non-hydrogen) atoms. The van der Waals surface area contributed by atoms with Crippen molar-refractivity contribution in [3.8, 4) is 11.5 Å². The standard InChI is InChI=1S/C21H28O2/c1-4-11(2)23-21-18-14-7-5-12(9-14)16(18)20(22-3)17-13-6-8-15(10-13)19(17)21/h11-15H,4-10H2,1-3H3/t11-,12?,13?,14?,15?/m1/s1. The van der Waals surface area contributed by atoms with Crippen LogP contribution in [-0.2, 0) is 0 Å². The monoisotopic (exact) mass is 312 g/mol. The third-order valence-electron chi connectivity index (χ3n) is 7.16. The second-order valence-corrected chi connectivity index (χ2v) is 8.27. The fraction of sp³-hybridized carbons (Fsp3) is 0.714. The Balaban J connectivity index is 1.77. The van der Waals surface area contributed by atoms with E-state index in [2.05, 4.69) is 13.8 Å². The van der Waals surface area contributed by atoms with Gasteiger partial charge in [0.15, 0.2) is 0 Å². The van der Waals surface area contributed by atoms with Crippen LogP contribution >= 0.6 is 0 Å². The molecule has 1 aromatic carbocycles. The van der Waals surface area contributed by atoms with Crippen LogP contribution in [0.3, 0.4) is 0 Å². The second kappa shape index (κ2) is 4.91. The smallest absolute Gasteiger partial charge is 0.127 e. The molecule has 0 radical (unpaired) electrons. The largest absolute Gasteiger partial charge is 0.496 e. The van der Waals surface area contributed by atoms with Gasteiger partial charge < -0.3 is 9.47 Å². The molecule has 4 aliphatic rings. The van der Waals surface area contributed by atoms with E-state index in [1.54, 1.807) is 22.3 Å². The van der Waals surface area contributed by atoms with E-state index in [1.807, 2.05) is 7.11 Å². The van der Waals surface area contributed by atoms with Crippen molar-refractivity contribution >= 4 is 0 Å². The fourth-order valence-electron chi connectivity index (χ4n) is 6.04. The summed E-state index contributed by atoms with van der Waals surface area (Å²) in [4.78, 5) is 0. The van der Waals surface area contributed by atoms with Gasteiger partial charge in [-0.2, -0.15) is 0 Å². The average molecular weight is 312 g/mol. The first-order chi connectivity index (χ1) is 11.2. The lowest BCUT2D eigenvalue weighted by Gasteiger charge is -2.30. The van der Waals surface area contributed by atoms with Crippen molar-refractivity contribution in [1.82, 2.24) is 0 Å². The molecular formula is C21H28O2. The number of fused-ring (bicyclic) bond motifs is 10. The Labute approximate surface area is 139 Å². The number of hydrogen-bond donors (Lipinski definition) is 0. The maximum Gasteiger partial charge on any atom is 0.127 e. The normalized spacial score (nSPS) is 33.7. The fourth-order valence-corrected chi connectivity index (χ4v) is 6.04. The van der Waals surface area contributed by atoms with Gasteiger partial charge in [-0.1, -0.05) is 6.92 Å². The summed E-state index contributed by atoms with van der Waals surface area (Å²) in [6.45, 7) is 4.45. The van der Waals surface area contributed by atoms with Crippen molar-refractivity contribution < 1.29 is 9.47 Å². The Morgan fingerprint density at radius 1 is 0.826 bits per heavy atom. The van der Waals surface area contributed by atoms with Gasteiger partial charge in [0, 0.05) is 22.3 Å². The van der Waals surface area contributed by atoms with Crippen LogP contribution in [0.25, 0.3) is 0 Å². The summed E-state index contributed by atoms with van der Waals surface area (Å²) >= 11 is 0. The van der Waals surface area contributed by atoms with E-state index in [-0.39, 0.29) is 0 Å². The molecule has 0 N–H and O–H groups in total. The first kappa shape index (κ1) is 14.2. The SMILES string of the molecule is CC[C@@H](C)Oc1c2c(c(OC)c3c1C1CCC3C1)C1CCC2C1. The predicted molar refractivity (Wildman–Crippen MR) is 92.0 cm³/mol. The molecule has 2 heteroatoms. The van der Waals surface area contributed by atoms with E-state index >= 15 is 0 Å². The van der Waals surface area contributed by atoms with E-state index < -0.39 is 0 Å². The molecule has 0 saturated heterocycles. The van der Waals surface area contributed by atoms with Crippen molar-refractivity contribution in [3.63, 3.8) is 0 Å². The van der Waals surface area contributed by atoms with Crippen LogP contribution in [0.1, 0.15) is 105 Å². The van der Waals surface area contributed by atoms with E-state index in [4.69, 9.17) is 9.47 Å². The summed E-state index contributed by atoms with van der Waals surface area (Å²) in [6, 6.07) is 0. The quantitative estimate of drug-likeness (QED) is 0.720. The molecule has 4 unspecified atom stereocenters. The minimum Gasteiger partial charge on any atom is -0.496 e. The van der Waals surface area contributed by atoms with Gasteiger partial charge >= 0.3 is 0 Å². The van der Waals surface area contributed by atoms with Crippen molar-refractivity contribution in [3.05, 3.63) is 22.3 Å². The Kier molecular flexibility index (Phi) is 3.03. The van der Waals surface area contributed by atoms with Crippen LogP contribution < -0.4 is 9.47 Å². The molecule has 5 atom stereocenters. The molecule has 0 spiro atoms. The topological polar surface area (TPSA) is 18.5 Å². The van der Waals surface area contributed by atoms with Crippen molar-refractivity contribution in [2.24, 2.45) is 0 Å². The van der Waals surface area contributed by atoms with Gasteiger partial charge in [0.25, 0.3) is 0 Å². The Hall–Kier alpha value is -1.18. The number of benzene rings is 1. The van der Waals surface area contributed by atoms with Crippen LogP contribution in [-0.4, -0.2) is 13.2 Å². The summed E-state index contributed by atoms with van der Waals surface area (Å²) in [5.41, 5.74) is 6.22. The predicted octanol–water partition coefficient (Wildman–Crippen LogP) is 5.60. The van der Waals surface area contributed by atoms with E-state index in [1.165, 1.54) is 50.0 Å². The van der Waals surface area contributed by atoms with Crippen LogP contribution in [0.15, 0.2) is 0 Å². The molecule has 4 aliphatic carbocycles. The van der Waals surface area contributed by atoms with Gasteiger partial charge in [-0.25, -0.2) is 0 Å². The number of methoxy groups -OCH3 is 1. The first-order valence-electron chi connectivity index (χ1n) is 9.67. The summed E-state index contributed by atoms with van der Waals surface area (Å²) in [6.07, 6.45) is 9.47. The molecular weight excluding hydrogens is 284 g/mol. The molecule has 4 bridgehead atoms. The number of hydrogen-bond acceptors (Lipinski definition) is 2. The first-order valence-corrected chi connectivity index (χ1v) is 9.67. The Bertz CT molecular complexity index is 615. The van der Waals surface area contributed by atoms with E-state index in [0.29, 0.717) is 6.10 Å². The highest BCUT2D eigenvalue weighted by Crippen LogP contribution is 2.67. The molecule has 0 aliphatic heterocycles. The van der Waals surface area contributed by atoms with Gasteiger partial charge in [0.2, 0.25) is 0 Å². The van der Waals surface area contributed by atoms with Crippen LogP contribution in [0.4, 0.5) is 0 Å². The summed E-state index contributed by atoms with van der Waals surface area (Å²) in [5, 5.41) is 0. The molecule has 124 valence electrons. The van der Waals surface area contributed by atoms with Gasteiger partial charge in [-0.15, -0.1) is 0 Å². The average Bonchev–Trinajstić information content (AvgIpc) is 3.33. The third kappa shape index (κ3) is 1.76.